The van der Waals surface area contributed by atoms with E-state index in [2.05, 4.69) is 15.0 Å². The maximum Gasteiger partial charge on any atom is 0.416 e. The van der Waals surface area contributed by atoms with Crippen LogP contribution in [0.15, 0.2) is 71.3 Å². The van der Waals surface area contributed by atoms with Gasteiger partial charge in [-0.3, -0.25) is 19.4 Å². The molecule has 0 saturated heterocycles. The minimum Gasteiger partial charge on any atom is -0.433 e. The zero-order chi connectivity index (χ0) is 32.4. The molecule has 1 atom stereocenters. The van der Waals surface area contributed by atoms with Crippen molar-refractivity contribution < 1.29 is 44.7 Å². The fourth-order valence-corrected chi connectivity index (χ4v) is 5.22. The predicted molar refractivity (Wildman–Crippen MR) is 148 cm³/mol. The standard InChI is InChI=1S/C28H25F5N4O6S/c1-37-10-9-17(11-24(37)39)16-3-5-18(6-4-16)27(28(31,32)33)12-20(22-8-7-19(13-34-22)43-26(29)30)21(25(40)36-27)14-35-23(38)15-44(2,41)42/h3-11,13,26H,12,14-15H2,1-2H3,(H,35,38)(H,36,40)/t27-/m0/s1. The molecular formula is C28H25F5N4O6S. The first-order valence-electron chi connectivity index (χ1n) is 12.7. The van der Waals surface area contributed by atoms with Gasteiger partial charge in [0.15, 0.2) is 15.4 Å². The number of pyridine rings is 2. The summed E-state index contributed by atoms with van der Waals surface area (Å²) in [5, 5.41) is 4.24. The number of hydrogen-bond acceptors (Lipinski definition) is 7. The zero-order valence-electron chi connectivity index (χ0n) is 23.1. The summed E-state index contributed by atoms with van der Waals surface area (Å²) in [6, 6.07) is 10.1. The second-order valence-corrected chi connectivity index (χ2v) is 12.2. The lowest BCUT2D eigenvalue weighted by Gasteiger charge is -2.41. The van der Waals surface area contributed by atoms with E-state index in [0.29, 0.717) is 11.1 Å². The van der Waals surface area contributed by atoms with Gasteiger partial charge in [0, 0.05) is 44.1 Å². The smallest absolute Gasteiger partial charge is 0.416 e. The number of nitrogens with zero attached hydrogens (tertiary/aromatic N) is 2. The number of halogens is 5. The molecule has 10 nitrogen and oxygen atoms in total. The molecule has 0 bridgehead atoms. The summed E-state index contributed by atoms with van der Waals surface area (Å²) >= 11 is 0. The Labute approximate surface area is 247 Å². The van der Waals surface area contributed by atoms with Gasteiger partial charge >= 0.3 is 12.8 Å². The third-order valence-electron chi connectivity index (χ3n) is 6.83. The monoisotopic (exact) mass is 640 g/mol. The molecule has 3 aromatic rings. The van der Waals surface area contributed by atoms with Gasteiger partial charge in [0.25, 0.3) is 5.56 Å². The van der Waals surface area contributed by atoms with Crippen LogP contribution in [0.25, 0.3) is 16.7 Å². The highest BCUT2D eigenvalue weighted by atomic mass is 32.2. The van der Waals surface area contributed by atoms with Gasteiger partial charge in [-0.05, 0) is 40.5 Å². The lowest BCUT2D eigenvalue weighted by molar-refractivity contribution is -0.201. The van der Waals surface area contributed by atoms with E-state index in [1.807, 2.05) is 5.32 Å². The molecule has 234 valence electrons. The molecule has 44 heavy (non-hydrogen) atoms. The Bertz CT molecular complexity index is 1770. The number of rotatable bonds is 9. The largest absolute Gasteiger partial charge is 0.433 e. The number of alkyl halides is 5. The van der Waals surface area contributed by atoms with Crippen molar-refractivity contribution in [2.24, 2.45) is 7.05 Å². The van der Waals surface area contributed by atoms with Crippen molar-refractivity contribution in [2.45, 2.75) is 24.7 Å². The van der Waals surface area contributed by atoms with E-state index in [1.165, 1.54) is 29.0 Å². The summed E-state index contributed by atoms with van der Waals surface area (Å²) in [4.78, 5) is 41.5. The quantitative estimate of drug-likeness (QED) is 0.344. The van der Waals surface area contributed by atoms with E-state index >= 15 is 0 Å². The van der Waals surface area contributed by atoms with Crippen LogP contribution < -0.4 is 20.9 Å². The molecule has 16 heteroatoms. The van der Waals surface area contributed by atoms with E-state index in [0.717, 1.165) is 36.7 Å². The molecule has 0 spiro atoms. The number of benzene rings is 1. The van der Waals surface area contributed by atoms with Crippen LogP contribution in [0.3, 0.4) is 0 Å². The Morgan fingerprint density at radius 1 is 1.11 bits per heavy atom. The third kappa shape index (κ3) is 7.12. The number of ether oxygens (including phenoxy) is 1. The van der Waals surface area contributed by atoms with Gasteiger partial charge in [-0.2, -0.15) is 22.0 Å². The van der Waals surface area contributed by atoms with Crippen LogP contribution in [0.4, 0.5) is 22.0 Å². The summed E-state index contributed by atoms with van der Waals surface area (Å²) in [7, 11) is -2.22. The van der Waals surface area contributed by atoms with E-state index in [9.17, 15) is 44.8 Å². The summed E-state index contributed by atoms with van der Waals surface area (Å²) < 4.78 is 98.7. The molecule has 2 N–H and O–H groups in total. The molecule has 1 aromatic carbocycles. The predicted octanol–water partition coefficient (Wildman–Crippen LogP) is 2.94. The van der Waals surface area contributed by atoms with Gasteiger partial charge < -0.3 is 19.9 Å². The molecule has 1 aliphatic rings. The number of amides is 2. The topological polar surface area (TPSA) is 136 Å². The van der Waals surface area contributed by atoms with Crippen molar-refractivity contribution in [2.75, 3.05) is 18.6 Å². The molecule has 0 saturated carbocycles. The number of carbonyl (C=O) groups is 2. The maximum atomic E-state index is 15.0. The number of hydrogen-bond donors (Lipinski definition) is 2. The molecule has 4 rings (SSSR count). The van der Waals surface area contributed by atoms with Crippen LogP contribution >= 0.6 is 0 Å². The van der Waals surface area contributed by atoms with Gasteiger partial charge in [0.05, 0.1) is 11.9 Å². The molecule has 3 heterocycles. The van der Waals surface area contributed by atoms with Crippen molar-refractivity contribution in [1.82, 2.24) is 20.2 Å². The Morgan fingerprint density at radius 3 is 2.34 bits per heavy atom. The first kappa shape index (κ1) is 32.3. The second kappa shape index (κ2) is 12.2. The maximum absolute atomic E-state index is 15.0. The summed E-state index contributed by atoms with van der Waals surface area (Å²) in [6.45, 7) is -3.84. The Morgan fingerprint density at radius 2 is 1.80 bits per heavy atom. The van der Waals surface area contributed by atoms with Gasteiger partial charge in [-0.1, -0.05) is 24.3 Å². The molecule has 2 aromatic heterocycles. The summed E-state index contributed by atoms with van der Waals surface area (Å²) in [5.74, 6) is -3.55. The van der Waals surface area contributed by atoms with Gasteiger partial charge in [0.2, 0.25) is 11.8 Å². The van der Waals surface area contributed by atoms with Crippen LogP contribution in [-0.4, -0.2) is 61.1 Å². The Kier molecular flexibility index (Phi) is 8.95. The molecule has 1 aliphatic heterocycles. The normalized spacial score (nSPS) is 17.4. The fourth-order valence-electron chi connectivity index (χ4n) is 4.65. The summed E-state index contributed by atoms with van der Waals surface area (Å²) in [6.07, 6.45) is -2.86. The van der Waals surface area contributed by atoms with E-state index in [-0.39, 0.29) is 33.7 Å². The van der Waals surface area contributed by atoms with E-state index < -0.39 is 58.7 Å². The summed E-state index contributed by atoms with van der Waals surface area (Å²) in [5.41, 5.74) is -3.61. The molecule has 0 radical (unpaired) electrons. The van der Waals surface area contributed by atoms with E-state index in [1.54, 1.807) is 13.1 Å². The second-order valence-electron chi connectivity index (χ2n) is 10.0. The van der Waals surface area contributed by atoms with Gasteiger partial charge in [0.1, 0.15) is 11.5 Å². The molecule has 0 fully saturated rings. The lowest BCUT2D eigenvalue weighted by atomic mass is 9.77. The van der Waals surface area contributed by atoms with Gasteiger partial charge in [-0.15, -0.1) is 0 Å². The number of aromatic nitrogens is 2. The molecule has 0 aliphatic carbocycles. The van der Waals surface area contributed by atoms with Crippen LogP contribution in [0, 0.1) is 0 Å². The lowest BCUT2D eigenvalue weighted by Crippen LogP contribution is -2.59. The van der Waals surface area contributed by atoms with Crippen LogP contribution in [0.5, 0.6) is 5.75 Å². The number of sulfone groups is 1. The minimum absolute atomic E-state index is 0.195. The first-order chi connectivity index (χ1) is 20.5. The highest BCUT2D eigenvalue weighted by Gasteiger charge is 2.59. The third-order valence-corrected chi connectivity index (χ3v) is 7.62. The van der Waals surface area contributed by atoms with Crippen molar-refractivity contribution in [3.63, 3.8) is 0 Å². The fraction of sp³-hybridized carbons (Fsp3) is 0.286. The Balaban J connectivity index is 1.79. The highest BCUT2D eigenvalue weighted by molar-refractivity contribution is 7.91. The van der Waals surface area contributed by atoms with Crippen molar-refractivity contribution >= 4 is 27.2 Å². The number of carbonyl (C=O) groups excluding carboxylic acids is 2. The average Bonchev–Trinajstić information content (AvgIpc) is 2.92. The van der Waals surface area contributed by atoms with Crippen molar-refractivity contribution in [3.8, 4) is 16.9 Å². The van der Waals surface area contributed by atoms with Gasteiger partial charge in [-0.25, -0.2) is 8.42 Å². The minimum atomic E-state index is -5.08. The van der Waals surface area contributed by atoms with E-state index in [4.69, 9.17) is 0 Å². The average molecular weight is 641 g/mol. The van der Waals surface area contributed by atoms with Crippen LogP contribution in [0.2, 0.25) is 0 Å². The zero-order valence-corrected chi connectivity index (χ0v) is 23.9. The number of nitrogens with one attached hydrogen (secondary N) is 2. The van der Waals surface area contributed by atoms with Crippen molar-refractivity contribution in [3.05, 3.63) is 88.1 Å². The first-order valence-corrected chi connectivity index (χ1v) is 14.8. The SMILES string of the molecule is Cn1ccc(-c2ccc([C@]3(C(F)(F)F)CC(c4ccc(OC(F)F)cn4)=C(CNC(=O)CS(C)(=O)=O)C(=O)N3)cc2)cc1=O. The molecular weight excluding hydrogens is 615 g/mol. The Hall–Kier alpha value is -4.60. The highest BCUT2D eigenvalue weighted by Crippen LogP contribution is 2.48. The van der Waals surface area contributed by atoms with Crippen LogP contribution in [-0.2, 0) is 32.0 Å². The van der Waals surface area contributed by atoms with Crippen LogP contribution in [0.1, 0.15) is 17.7 Å². The molecule has 0 unspecified atom stereocenters. The van der Waals surface area contributed by atoms with Crippen molar-refractivity contribution in [1.29, 1.82) is 0 Å². The molecule has 2 amide bonds. The number of aryl methyl sites for hydroxylation is 1.